The summed E-state index contributed by atoms with van der Waals surface area (Å²) in [5, 5.41) is 0. The number of benzene rings is 2. The van der Waals surface area contributed by atoms with Crippen LogP contribution in [0.1, 0.15) is 30.1 Å². The van der Waals surface area contributed by atoms with E-state index in [9.17, 15) is 9.18 Å². The Bertz CT molecular complexity index is 637. The van der Waals surface area contributed by atoms with E-state index in [1.54, 1.807) is 19.2 Å². The average molecular weight is 314 g/mol. The van der Waals surface area contributed by atoms with E-state index < -0.39 is 0 Å². The molecule has 0 unspecified atom stereocenters. The lowest BCUT2D eigenvalue weighted by Crippen LogP contribution is -2.26. The summed E-state index contributed by atoms with van der Waals surface area (Å²) in [7, 11) is 3.74. The molecule has 2 aromatic carbocycles. The van der Waals surface area contributed by atoms with Crippen molar-refractivity contribution in [3.8, 4) is 0 Å². The van der Waals surface area contributed by atoms with E-state index in [4.69, 9.17) is 0 Å². The van der Waals surface area contributed by atoms with Crippen molar-refractivity contribution in [3.05, 3.63) is 59.9 Å². The lowest BCUT2D eigenvalue weighted by molar-refractivity contribution is 0.0993. The number of hydrogen-bond acceptors (Lipinski definition) is 2. The van der Waals surface area contributed by atoms with Gasteiger partial charge in [0.15, 0.2) is 0 Å². The normalized spacial score (nSPS) is 10.4. The standard InChI is InChI=1S/C19H23FN2O/c1-4-5-14-21(2)17-10-6-15(7-11-17)19(23)22(3)18-12-8-16(20)9-13-18/h6-13H,4-5,14H2,1-3H3. The fourth-order valence-electron chi connectivity index (χ4n) is 2.36. The molecule has 4 heteroatoms. The van der Waals surface area contributed by atoms with Gasteiger partial charge in [-0.05, 0) is 55.0 Å². The van der Waals surface area contributed by atoms with Crippen LogP contribution < -0.4 is 9.80 Å². The van der Waals surface area contributed by atoms with Crippen LogP contribution in [0, 0.1) is 5.82 Å². The van der Waals surface area contributed by atoms with E-state index in [1.165, 1.54) is 17.0 Å². The molecule has 0 saturated carbocycles. The third-order valence-electron chi connectivity index (χ3n) is 3.92. The second-order valence-electron chi connectivity index (χ2n) is 5.66. The van der Waals surface area contributed by atoms with E-state index in [2.05, 4.69) is 18.9 Å². The number of hydrogen-bond donors (Lipinski definition) is 0. The average Bonchev–Trinajstić information content (AvgIpc) is 2.59. The quantitative estimate of drug-likeness (QED) is 0.792. The second-order valence-corrected chi connectivity index (χ2v) is 5.66. The molecule has 1 amide bonds. The van der Waals surface area contributed by atoms with Crippen molar-refractivity contribution in [3.63, 3.8) is 0 Å². The van der Waals surface area contributed by atoms with Crippen molar-refractivity contribution in [2.45, 2.75) is 19.8 Å². The molecule has 23 heavy (non-hydrogen) atoms. The molecule has 0 radical (unpaired) electrons. The van der Waals surface area contributed by atoms with Crippen LogP contribution in [0.4, 0.5) is 15.8 Å². The fraction of sp³-hybridized carbons (Fsp3) is 0.316. The molecule has 0 bridgehead atoms. The molecule has 0 aliphatic rings. The summed E-state index contributed by atoms with van der Waals surface area (Å²) in [5.41, 5.74) is 2.38. The first-order valence-corrected chi connectivity index (χ1v) is 7.87. The zero-order valence-electron chi connectivity index (χ0n) is 13.9. The Labute approximate surface area is 137 Å². The maximum atomic E-state index is 13.0. The fourth-order valence-corrected chi connectivity index (χ4v) is 2.36. The van der Waals surface area contributed by atoms with Gasteiger partial charge in [-0.15, -0.1) is 0 Å². The van der Waals surface area contributed by atoms with Crippen molar-refractivity contribution in [2.75, 3.05) is 30.4 Å². The minimum Gasteiger partial charge on any atom is -0.375 e. The lowest BCUT2D eigenvalue weighted by atomic mass is 10.1. The SMILES string of the molecule is CCCCN(C)c1ccc(C(=O)N(C)c2ccc(F)cc2)cc1. The van der Waals surface area contributed by atoms with Gasteiger partial charge in [0.05, 0.1) is 0 Å². The number of carbonyl (C=O) groups excluding carboxylic acids is 1. The predicted molar refractivity (Wildman–Crippen MR) is 93.8 cm³/mol. The van der Waals surface area contributed by atoms with Crippen molar-refractivity contribution in [2.24, 2.45) is 0 Å². The summed E-state index contributed by atoms with van der Waals surface area (Å²) in [5.74, 6) is -0.423. The monoisotopic (exact) mass is 314 g/mol. The van der Waals surface area contributed by atoms with Gasteiger partial charge in [0, 0.05) is 37.6 Å². The minimum atomic E-state index is -0.311. The molecule has 0 fully saturated rings. The van der Waals surface area contributed by atoms with Gasteiger partial charge in [0.25, 0.3) is 5.91 Å². The molecule has 122 valence electrons. The van der Waals surface area contributed by atoms with Gasteiger partial charge in [-0.1, -0.05) is 13.3 Å². The second kappa shape index (κ2) is 7.77. The van der Waals surface area contributed by atoms with Crippen molar-refractivity contribution < 1.29 is 9.18 Å². The molecule has 0 heterocycles. The van der Waals surface area contributed by atoms with Crippen molar-refractivity contribution in [1.82, 2.24) is 0 Å². The molecule has 2 rings (SSSR count). The molecule has 0 aliphatic heterocycles. The third-order valence-corrected chi connectivity index (χ3v) is 3.92. The molecule has 0 saturated heterocycles. The van der Waals surface area contributed by atoms with Crippen LogP contribution >= 0.6 is 0 Å². The maximum Gasteiger partial charge on any atom is 0.258 e. The molecule has 3 nitrogen and oxygen atoms in total. The number of nitrogens with zero attached hydrogens (tertiary/aromatic N) is 2. The number of halogens is 1. The van der Waals surface area contributed by atoms with E-state index in [1.807, 2.05) is 24.3 Å². The van der Waals surface area contributed by atoms with Crippen LogP contribution in [0.2, 0.25) is 0 Å². The highest BCUT2D eigenvalue weighted by atomic mass is 19.1. The topological polar surface area (TPSA) is 23.6 Å². The summed E-state index contributed by atoms with van der Waals surface area (Å²) in [6, 6.07) is 13.5. The Kier molecular flexibility index (Phi) is 5.74. The zero-order valence-corrected chi connectivity index (χ0v) is 13.9. The van der Waals surface area contributed by atoms with Crippen LogP contribution in [-0.4, -0.2) is 26.5 Å². The third kappa shape index (κ3) is 4.31. The van der Waals surface area contributed by atoms with E-state index in [0.717, 1.165) is 25.1 Å². The number of anilines is 2. The summed E-state index contributed by atoms with van der Waals surface area (Å²) in [4.78, 5) is 16.2. The lowest BCUT2D eigenvalue weighted by Gasteiger charge is -2.20. The molecular weight excluding hydrogens is 291 g/mol. The maximum absolute atomic E-state index is 13.0. The highest BCUT2D eigenvalue weighted by Gasteiger charge is 2.13. The first kappa shape index (κ1) is 17.0. The van der Waals surface area contributed by atoms with Crippen LogP contribution in [0.5, 0.6) is 0 Å². The Morgan fingerprint density at radius 3 is 2.09 bits per heavy atom. The highest BCUT2D eigenvalue weighted by Crippen LogP contribution is 2.19. The molecule has 0 atom stereocenters. The van der Waals surface area contributed by atoms with Gasteiger partial charge in [-0.3, -0.25) is 4.79 Å². The summed E-state index contributed by atoms with van der Waals surface area (Å²) < 4.78 is 13.0. The summed E-state index contributed by atoms with van der Waals surface area (Å²) >= 11 is 0. The summed E-state index contributed by atoms with van der Waals surface area (Å²) in [6.07, 6.45) is 2.30. The molecule has 0 aromatic heterocycles. The molecule has 0 spiro atoms. The first-order chi connectivity index (χ1) is 11.0. The number of carbonyl (C=O) groups is 1. The summed E-state index contributed by atoms with van der Waals surface area (Å²) in [6.45, 7) is 3.17. The van der Waals surface area contributed by atoms with Crippen molar-refractivity contribution >= 4 is 17.3 Å². The Balaban J connectivity index is 2.09. The highest BCUT2D eigenvalue weighted by molar-refractivity contribution is 6.05. The molecule has 2 aromatic rings. The van der Waals surface area contributed by atoms with Crippen LogP contribution in [0.3, 0.4) is 0 Å². The van der Waals surface area contributed by atoms with E-state index >= 15 is 0 Å². The number of amides is 1. The van der Waals surface area contributed by atoms with Gasteiger partial charge in [-0.2, -0.15) is 0 Å². The number of rotatable bonds is 6. The zero-order chi connectivity index (χ0) is 16.8. The predicted octanol–water partition coefficient (Wildman–Crippen LogP) is 4.34. The first-order valence-electron chi connectivity index (χ1n) is 7.87. The van der Waals surface area contributed by atoms with Crippen molar-refractivity contribution in [1.29, 1.82) is 0 Å². The molecule has 0 N–H and O–H groups in total. The van der Waals surface area contributed by atoms with Crippen LogP contribution in [0.25, 0.3) is 0 Å². The minimum absolute atomic E-state index is 0.112. The van der Waals surface area contributed by atoms with Gasteiger partial charge >= 0.3 is 0 Å². The number of unbranched alkanes of at least 4 members (excludes halogenated alkanes) is 1. The van der Waals surface area contributed by atoms with E-state index in [0.29, 0.717) is 11.3 Å². The molecule has 0 aliphatic carbocycles. The molecular formula is C19H23FN2O. The van der Waals surface area contributed by atoms with Gasteiger partial charge in [-0.25, -0.2) is 4.39 Å². The van der Waals surface area contributed by atoms with Crippen LogP contribution in [0.15, 0.2) is 48.5 Å². The smallest absolute Gasteiger partial charge is 0.258 e. The Hall–Kier alpha value is -2.36. The van der Waals surface area contributed by atoms with Gasteiger partial charge in [0.1, 0.15) is 5.82 Å². The van der Waals surface area contributed by atoms with E-state index in [-0.39, 0.29) is 11.7 Å². The van der Waals surface area contributed by atoms with Crippen LogP contribution in [-0.2, 0) is 0 Å². The van der Waals surface area contributed by atoms with Gasteiger partial charge < -0.3 is 9.80 Å². The largest absolute Gasteiger partial charge is 0.375 e. The Morgan fingerprint density at radius 2 is 1.52 bits per heavy atom. The van der Waals surface area contributed by atoms with Gasteiger partial charge in [0.2, 0.25) is 0 Å². The Morgan fingerprint density at radius 1 is 0.957 bits per heavy atom.